The van der Waals surface area contributed by atoms with Gasteiger partial charge in [-0.3, -0.25) is 0 Å². The number of nitrogens with one attached hydrogen (secondary N) is 2. The van der Waals surface area contributed by atoms with Gasteiger partial charge in [0.05, 0.1) is 24.0 Å². The quantitative estimate of drug-likeness (QED) is 0.312. The molecule has 0 aliphatic carbocycles. The molecular weight excluding hydrogens is 412 g/mol. The van der Waals surface area contributed by atoms with Crippen molar-refractivity contribution in [3.05, 3.63) is 29.5 Å². The molecule has 0 spiro atoms. The molecule has 0 amide bonds. The number of benzene rings is 1. The Morgan fingerprint density at radius 2 is 1.91 bits per heavy atom. The molecular formula is C22H30N6O4. The Balaban J connectivity index is 2.20. The van der Waals surface area contributed by atoms with E-state index in [1.807, 2.05) is 39.2 Å². The highest BCUT2D eigenvalue weighted by Crippen LogP contribution is 2.38. The average molecular weight is 443 g/mol. The first-order valence-corrected chi connectivity index (χ1v) is 10.7. The van der Waals surface area contributed by atoms with E-state index in [4.69, 9.17) is 4.98 Å². The standard InChI is InChI=1S/C22H30N6O4/c1-6-13(10-29)24-22-25-20(23-14-7-8-16(30)15(9-14)21(31)32)18-19(28(22)12(4)5)17(11(2)3)26-27-18/h7-9,11-13,23,29-30H,6,10H2,1-5H3,(H,24,25)(H,31,32). The minimum Gasteiger partial charge on any atom is -0.507 e. The van der Waals surface area contributed by atoms with Gasteiger partial charge in [-0.1, -0.05) is 20.8 Å². The number of nitrogens with zero attached hydrogens (tertiary/aromatic N) is 4. The number of hydrogen-bond donors (Lipinski definition) is 5. The summed E-state index contributed by atoms with van der Waals surface area (Å²) in [7, 11) is 0. The zero-order chi connectivity index (χ0) is 23.6. The van der Waals surface area contributed by atoms with Crippen LogP contribution >= 0.6 is 0 Å². The van der Waals surface area contributed by atoms with Crippen molar-refractivity contribution in [2.75, 3.05) is 17.2 Å². The summed E-state index contributed by atoms with van der Waals surface area (Å²) in [5.74, 6) is -0.502. The Bertz CT molecular complexity index is 1070. The van der Waals surface area contributed by atoms with Crippen molar-refractivity contribution < 1.29 is 20.1 Å². The van der Waals surface area contributed by atoms with E-state index in [9.17, 15) is 20.1 Å². The number of carboxylic acid groups (broad SMARTS) is 1. The predicted octanol–water partition coefficient (Wildman–Crippen LogP) is 3.81. The third kappa shape index (κ3) is 4.45. The van der Waals surface area contributed by atoms with E-state index >= 15 is 0 Å². The summed E-state index contributed by atoms with van der Waals surface area (Å²) < 4.78 is 2.02. The number of aromatic carboxylic acids is 1. The lowest BCUT2D eigenvalue weighted by Gasteiger charge is -2.26. The van der Waals surface area contributed by atoms with Crippen LogP contribution in [0, 0.1) is 0 Å². The summed E-state index contributed by atoms with van der Waals surface area (Å²) in [6.07, 6.45) is 0.700. The Morgan fingerprint density at radius 1 is 1.19 bits per heavy atom. The molecule has 32 heavy (non-hydrogen) atoms. The first kappa shape index (κ1) is 23.3. The van der Waals surface area contributed by atoms with E-state index < -0.39 is 5.97 Å². The van der Waals surface area contributed by atoms with Gasteiger partial charge in [-0.2, -0.15) is 10.1 Å². The third-order valence-corrected chi connectivity index (χ3v) is 5.24. The van der Waals surface area contributed by atoms with Crippen molar-refractivity contribution in [3.63, 3.8) is 0 Å². The van der Waals surface area contributed by atoms with Gasteiger partial charge < -0.3 is 30.5 Å². The second kappa shape index (κ2) is 9.39. The highest BCUT2D eigenvalue weighted by molar-refractivity contribution is 5.92. The first-order chi connectivity index (χ1) is 15.2. The number of aromatic hydroxyl groups is 1. The molecule has 5 N–H and O–H groups in total. The van der Waals surface area contributed by atoms with Crippen LogP contribution < -0.4 is 10.6 Å². The van der Waals surface area contributed by atoms with Gasteiger partial charge in [-0.05, 0) is 44.4 Å². The van der Waals surface area contributed by atoms with Crippen LogP contribution in [0.2, 0.25) is 0 Å². The fourth-order valence-corrected chi connectivity index (χ4v) is 3.50. The second-order valence-corrected chi connectivity index (χ2v) is 8.28. The summed E-state index contributed by atoms with van der Waals surface area (Å²) in [6.45, 7) is 10.1. The summed E-state index contributed by atoms with van der Waals surface area (Å²) in [5, 5.41) is 44.1. The molecule has 0 bridgehead atoms. The Hall–Kier alpha value is -3.40. The number of carboxylic acids is 1. The van der Waals surface area contributed by atoms with Crippen LogP contribution in [-0.4, -0.2) is 53.7 Å². The summed E-state index contributed by atoms with van der Waals surface area (Å²) in [5.41, 5.74) is 2.40. The maximum absolute atomic E-state index is 11.4. The number of aromatic nitrogens is 4. The smallest absolute Gasteiger partial charge is 0.339 e. The molecule has 1 atom stereocenters. The molecule has 1 aromatic carbocycles. The van der Waals surface area contributed by atoms with Crippen LogP contribution in [-0.2, 0) is 0 Å². The van der Waals surface area contributed by atoms with Crippen LogP contribution in [0.5, 0.6) is 5.75 Å². The van der Waals surface area contributed by atoms with Crippen LogP contribution in [0.15, 0.2) is 18.2 Å². The number of hydrogen-bond acceptors (Lipinski definition) is 8. The molecule has 1 aromatic rings. The number of phenols is 1. The minimum atomic E-state index is -1.23. The summed E-state index contributed by atoms with van der Waals surface area (Å²) in [4.78, 5) is 16.2. The van der Waals surface area contributed by atoms with E-state index in [1.165, 1.54) is 12.1 Å². The fraction of sp³-hybridized carbons (Fsp3) is 0.455. The van der Waals surface area contributed by atoms with Gasteiger partial charge in [-0.15, -0.1) is 5.10 Å². The maximum Gasteiger partial charge on any atom is 0.339 e. The van der Waals surface area contributed by atoms with Crippen molar-refractivity contribution in [2.24, 2.45) is 0 Å². The van der Waals surface area contributed by atoms with Crippen LogP contribution in [0.3, 0.4) is 0 Å². The van der Waals surface area contributed by atoms with Gasteiger partial charge in [0.1, 0.15) is 11.3 Å². The second-order valence-electron chi connectivity index (χ2n) is 8.28. The monoisotopic (exact) mass is 442 g/mol. The lowest BCUT2D eigenvalue weighted by atomic mass is 10.1. The Morgan fingerprint density at radius 3 is 2.47 bits per heavy atom. The summed E-state index contributed by atoms with van der Waals surface area (Å²) in [6, 6.07) is 4.06. The molecule has 10 nitrogen and oxygen atoms in total. The van der Waals surface area contributed by atoms with E-state index in [-0.39, 0.29) is 35.9 Å². The molecule has 0 saturated heterocycles. The van der Waals surface area contributed by atoms with Crippen molar-refractivity contribution in [1.29, 1.82) is 0 Å². The first-order valence-electron chi connectivity index (χ1n) is 10.7. The number of anilines is 3. The van der Waals surface area contributed by atoms with Crippen molar-refractivity contribution in [2.45, 2.75) is 59.0 Å². The van der Waals surface area contributed by atoms with E-state index in [0.29, 0.717) is 29.6 Å². The topological polar surface area (TPSA) is 145 Å². The van der Waals surface area contributed by atoms with E-state index in [0.717, 1.165) is 11.4 Å². The molecule has 172 valence electrons. The molecule has 2 aliphatic heterocycles. The largest absolute Gasteiger partial charge is 0.507 e. The average Bonchev–Trinajstić information content (AvgIpc) is 3.18. The third-order valence-electron chi connectivity index (χ3n) is 5.24. The number of fused-ring (bicyclic) bond motifs is 1. The van der Waals surface area contributed by atoms with Crippen molar-refractivity contribution in [1.82, 2.24) is 19.7 Å². The number of aliphatic hydroxyl groups excluding tert-OH is 1. The normalized spacial score (nSPS) is 12.5. The lowest BCUT2D eigenvalue weighted by molar-refractivity contribution is 0.0693. The van der Waals surface area contributed by atoms with Crippen LogP contribution in [0.1, 0.15) is 69.1 Å². The molecule has 10 heteroatoms. The van der Waals surface area contributed by atoms with Gasteiger partial charge >= 0.3 is 5.97 Å². The number of aliphatic hydroxyl groups is 1. The van der Waals surface area contributed by atoms with Crippen molar-refractivity contribution >= 4 is 23.4 Å². The highest BCUT2D eigenvalue weighted by atomic mass is 16.4. The zero-order valence-electron chi connectivity index (χ0n) is 18.9. The van der Waals surface area contributed by atoms with E-state index in [2.05, 4.69) is 20.8 Å². The lowest BCUT2D eigenvalue weighted by Crippen LogP contribution is -2.27. The van der Waals surface area contributed by atoms with Crippen LogP contribution in [0.25, 0.3) is 11.4 Å². The van der Waals surface area contributed by atoms with Gasteiger partial charge in [0.25, 0.3) is 0 Å². The van der Waals surface area contributed by atoms with Crippen molar-refractivity contribution in [3.8, 4) is 17.1 Å². The van der Waals surface area contributed by atoms with Gasteiger partial charge in [0, 0.05) is 11.7 Å². The zero-order valence-corrected chi connectivity index (χ0v) is 18.9. The fourth-order valence-electron chi connectivity index (χ4n) is 3.50. The summed E-state index contributed by atoms with van der Waals surface area (Å²) >= 11 is 0. The molecule has 0 fully saturated rings. The molecule has 0 saturated carbocycles. The molecule has 0 aromatic heterocycles. The molecule has 2 heterocycles. The van der Waals surface area contributed by atoms with Gasteiger partial charge in [0.2, 0.25) is 5.95 Å². The predicted molar refractivity (Wildman–Crippen MR) is 122 cm³/mol. The Labute approximate surface area is 186 Å². The van der Waals surface area contributed by atoms with Gasteiger partial charge in [-0.25, -0.2) is 4.79 Å². The highest BCUT2D eigenvalue weighted by Gasteiger charge is 2.28. The molecule has 1 unspecified atom stereocenters. The molecule has 3 rings (SSSR count). The Kier molecular flexibility index (Phi) is 6.83. The van der Waals surface area contributed by atoms with Gasteiger partial charge in [0.15, 0.2) is 11.5 Å². The van der Waals surface area contributed by atoms with E-state index in [1.54, 1.807) is 6.07 Å². The molecule has 0 radical (unpaired) electrons. The number of carbonyl (C=O) groups is 1. The maximum atomic E-state index is 11.4. The molecule has 2 aliphatic rings. The number of rotatable bonds is 9. The minimum absolute atomic E-state index is 0.0357. The van der Waals surface area contributed by atoms with Crippen LogP contribution in [0.4, 0.5) is 17.5 Å². The SMILES string of the molecule is CCC(CO)Nc1nc(Nc2ccc(O)c(C(=O)O)c2)c2nnc(C(C)C)c-2n1C(C)C.